The van der Waals surface area contributed by atoms with Gasteiger partial charge in [-0.2, -0.15) is 0 Å². The monoisotopic (exact) mass is 532 g/mol. The third-order valence-electron chi connectivity index (χ3n) is 5.40. The van der Waals surface area contributed by atoms with Crippen LogP contribution in [0.2, 0.25) is 10.0 Å². The highest BCUT2D eigenvalue weighted by atomic mass is 35.5. The fraction of sp³-hybridized carbons (Fsp3) is 0.259. The maximum Gasteiger partial charge on any atom is 0.243 e. The molecule has 0 aliphatic heterocycles. The first-order chi connectivity index (χ1) is 16.9. The van der Waals surface area contributed by atoms with E-state index in [9.17, 15) is 14.0 Å². The number of carbonyl (C=O) groups is 2. The van der Waals surface area contributed by atoms with Crippen LogP contribution in [0.3, 0.4) is 0 Å². The highest BCUT2D eigenvalue weighted by molar-refractivity contribution is 7.99. The predicted molar refractivity (Wildman–Crippen MR) is 142 cm³/mol. The largest absolute Gasteiger partial charge is 0.355 e. The van der Waals surface area contributed by atoms with E-state index in [0.717, 1.165) is 11.1 Å². The Hall–Kier alpha value is -2.54. The lowest BCUT2D eigenvalue weighted by Crippen LogP contribution is -2.51. The van der Waals surface area contributed by atoms with Crippen LogP contribution in [-0.4, -0.2) is 35.1 Å². The van der Waals surface area contributed by atoms with Gasteiger partial charge in [-0.25, -0.2) is 4.39 Å². The zero-order chi connectivity index (χ0) is 25.2. The SMILES string of the molecule is CCNC(=O)[C@@H](Cc1ccccc1)N(Cc1cccc(Cl)c1)C(=O)CSCc1c(F)cccc1Cl. The molecule has 4 nitrogen and oxygen atoms in total. The van der Waals surface area contributed by atoms with Gasteiger partial charge in [0.2, 0.25) is 11.8 Å². The lowest BCUT2D eigenvalue weighted by Gasteiger charge is -2.31. The molecule has 0 saturated heterocycles. The number of nitrogens with zero attached hydrogens (tertiary/aromatic N) is 1. The summed E-state index contributed by atoms with van der Waals surface area (Å²) in [6.07, 6.45) is 0.364. The van der Waals surface area contributed by atoms with Crippen LogP contribution in [0, 0.1) is 5.82 Å². The highest BCUT2D eigenvalue weighted by Crippen LogP contribution is 2.25. The van der Waals surface area contributed by atoms with Gasteiger partial charge < -0.3 is 10.2 Å². The molecule has 35 heavy (non-hydrogen) atoms. The molecule has 184 valence electrons. The molecule has 1 atom stereocenters. The molecule has 3 rings (SSSR count). The Morgan fingerprint density at radius 3 is 2.40 bits per heavy atom. The van der Waals surface area contributed by atoms with E-state index in [4.69, 9.17) is 23.2 Å². The molecule has 0 aromatic heterocycles. The van der Waals surface area contributed by atoms with E-state index >= 15 is 0 Å². The van der Waals surface area contributed by atoms with Crippen molar-refractivity contribution >= 4 is 46.8 Å². The van der Waals surface area contributed by atoms with Crippen molar-refractivity contribution < 1.29 is 14.0 Å². The first kappa shape index (κ1) is 27.1. The summed E-state index contributed by atoms with van der Waals surface area (Å²) in [7, 11) is 0. The second-order valence-corrected chi connectivity index (χ2v) is 9.77. The zero-order valence-electron chi connectivity index (χ0n) is 19.3. The Morgan fingerprint density at radius 2 is 1.71 bits per heavy atom. The van der Waals surface area contributed by atoms with Gasteiger partial charge >= 0.3 is 0 Å². The van der Waals surface area contributed by atoms with Crippen LogP contribution in [0.25, 0.3) is 0 Å². The molecule has 0 bridgehead atoms. The molecule has 1 N–H and O–H groups in total. The Balaban J connectivity index is 1.85. The molecule has 0 unspecified atom stereocenters. The number of carbonyl (C=O) groups excluding carboxylic acids is 2. The van der Waals surface area contributed by atoms with Crippen LogP contribution in [-0.2, 0) is 28.3 Å². The molecule has 8 heteroatoms. The molecule has 0 saturated carbocycles. The van der Waals surface area contributed by atoms with E-state index in [-0.39, 0.29) is 29.9 Å². The fourth-order valence-electron chi connectivity index (χ4n) is 3.67. The molecule has 0 heterocycles. The molecule has 0 aliphatic rings. The van der Waals surface area contributed by atoms with E-state index < -0.39 is 11.9 Å². The summed E-state index contributed by atoms with van der Waals surface area (Å²) in [5.41, 5.74) is 2.12. The number of rotatable bonds is 11. The quantitative estimate of drug-likeness (QED) is 0.322. The Labute approximate surface area is 219 Å². The third kappa shape index (κ3) is 7.99. The number of hydrogen-bond acceptors (Lipinski definition) is 3. The van der Waals surface area contributed by atoms with Gasteiger partial charge in [-0.1, -0.05) is 71.7 Å². The number of hydrogen-bond donors (Lipinski definition) is 1. The zero-order valence-corrected chi connectivity index (χ0v) is 21.7. The van der Waals surface area contributed by atoms with Crippen LogP contribution >= 0.6 is 35.0 Å². The molecule has 3 aromatic carbocycles. The fourth-order valence-corrected chi connectivity index (χ4v) is 5.13. The minimum atomic E-state index is -0.721. The lowest BCUT2D eigenvalue weighted by molar-refractivity contribution is -0.139. The second-order valence-electron chi connectivity index (χ2n) is 7.94. The summed E-state index contributed by atoms with van der Waals surface area (Å²) in [4.78, 5) is 28.2. The van der Waals surface area contributed by atoms with Crippen molar-refractivity contribution in [2.24, 2.45) is 0 Å². The Kier molecular flexibility index (Phi) is 10.5. The van der Waals surface area contributed by atoms with Crippen molar-refractivity contribution in [3.05, 3.63) is 105 Å². The summed E-state index contributed by atoms with van der Waals surface area (Å²) < 4.78 is 14.2. The van der Waals surface area contributed by atoms with E-state index in [2.05, 4.69) is 5.32 Å². The average Bonchev–Trinajstić information content (AvgIpc) is 2.84. The van der Waals surface area contributed by atoms with E-state index in [0.29, 0.717) is 28.6 Å². The predicted octanol–water partition coefficient (Wildman–Crippen LogP) is 6.14. The van der Waals surface area contributed by atoms with Gasteiger partial charge in [0.05, 0.1) is 5.75 Å². The van der Waals surface area contributed by atoms with Crippen molar-refractivity contribution in [2.45, 2.75) is 31.7 Å². The first-order valence-corrected chi connectivity index (χ1v) is 13.2. The van der Waals surface area contributed by atoms with Gasteiger partial charge in [-0.05, 0) is 42.3 Å². The number of halogens is 3. The standard InChI is InChI=1S/C27H27Cl2FN2O2S/c1-2-31-27(34)25(15-19-8-4-3-5-9-19)32(16-20-10-6-11-21(28)14-20)26(33)18-35-17-22-23(29)12-7-13-24(22)30/h3-14,25H,2,15-18H2,1H3,(H,31,34)/t25-/m1/s1. The number of benzene rings is 3. The van der Waals surface area contributed by atoms with Crippen molar-refractivity contribution in [3.8, 4) is 0 Å². The van der Waals surface area contributed by atoms with Crippen LogP contribution < -0.4 is 5.32 Å². The summed E-state index contributed by atoms with van der Waals surface area (Å²) in [5.74, 6) is -0.552. The van der Waals surface area contributed by atoms with Gasteiger partial charge in [0.15, 0.2) is 0 Å². The molecule has 3 aromatic rings. The van der Waals surface area contributed by atoms with Crippen LogP contribution in [0.15, 0.2) is 72.8 Å². The summed E-state index contributed by atoms with van der Waals surface area (Å²) in [6, 6.07) is 20.6. The normalized spacial score (nSPS) is 11.7. The number of likely N-dealkylation sites (N-methyl/N-ethyl adjacent to an activating group) is 1. The highest BCUT2D eigenvalue weighted by Gasteiger charge is 2.30. The first-order valence-electron chi connectivity index (χ1n) is 11.2. The van der Waals surface area contributed by atoms with Crippen LogP contribution in [0.4, 0.5) is 4.39 Å². The van der Waals surface area contributed by atoms with Crippen molar-refractivity contribution in [2.75, 3.05) is 12.3 Å². The molecule has 0 spiro atoms. The van der Waals surface area contributed by atoms with Gasteiger partial charge in [-0.15, -0.1) is 11.8 Å². The maximum atomic E-state index is 14.2. The van der Waals surface area contributed by atoms with Crippen molar-refractivity contribution in [1.29, 1.82) is 0 Å². The smallest absolute Gasteiger partial charge is 0.243 e. The van der Waals surface area contributed by atoms with E-state index in [1.165, 1.54) is 17.8 Å². The minimum absolute atomic E-state index is 0.0654. The Bertz CT molecular complexity index is 1130. The molecular formula is C27H27Cl2FN2O2S. The van der Waals surface area contributed by atoms with E-state index in [1.807, 2.05) is 49.4 Å². The van der Waals surface area contributed by atoms with Crippen LogP contribution in [0.1, 0.15) is 23.6 Å². The number of thioether (sulfide) groups is 1. The Morgan fingerprint density at radius 1 is 1.00 bits per heavy atom. The summed E-state index contributed by atoms with van der Waals surface area (Å²) in [6.45, 7) is 2.51. The maximum absolute atomic E-state index is 14.2. The summed E-state index contributed by atoms with van der Waals surface area (Å²) in [5, 5.41) is 3.74. The van der Waals surface area contributed by atoms with Gasteiger partial charge in [-0.3, -0.25) is 9.59 Å². The van der Waals surface area contributed by atoms with Crippen LogP contribution in [0.5, 0.6) is 0 Å². The number of nitrogens with one attached hydrogen (secondary N) is 1. The average molecular weight is 533 g/mol. The molecule has 0 radical (unpaired) electrons. The summed E-state index contributed by atoms with van der Waals surface area (Å²) >= 11 is 13.6. The van der Waals surface area contributed by atoms with Gasteiger partial charge in [0.1, 0.15) is 11.9 Å². The van der Waals surface area contributed by atoms with Gasteiger partial charge in [0.25, 0.3) is 0 Å². The third-order valence-corrected chi connectivity index (χ3v) is 6.93. The molecule has 0 fully saturated rings. The van der Waals surface area contributed by atoms with Gasteiger partial charge in [0, 0.05) is 40.9 Å². The molecule has 2 amide bonds. The van der Waals surface area contributed by atoms with Crippen molar-refractivity contribution in [1.82, 2.24) is 10.2 Å². The number of amides is 2. The van der Waals surface area contributed by atoms with E-state index in [1.54, 1.807) is 29.2 Å². The molecular weight excluding hydrogens is 506 g/mol. The molecule has 0 aliphatic carbocycles. The lowest BCUT2D eigenvalue weighted by atomic mass is 10.0. The second kappa shape index (κ2) is 13.5. The minimum Gasteiger partial charge on any atom is -0.355 e. The van der Waals surface area contributed by atoms with Crippen molar-refractivity contribution in [3.63, 3.8) is 0 Å². The topological polar surface area (TPSA) is 49.4 Å².